The van der Waals surface area contributed by atoms with Gasteiger partial charge in [0, 0.05) is 48.4 Å². The largest absolute Gasteiger partial charge is 0.456 e. The van der Waals surface area contributed by atoms with Crippen molar-refractivity contribution >= 4 is 61.5 Å². The Hall–Kier alpha value is -7.02. The van der Waals surface area contributed by atoms with Gasteiger partial charge in [-0.1, -0.05) is 145 Å². The van der Waals surface area contributed by atoms with Gasteiger partial charge in [0.25, 0.3) is 0 Å². The lowest BCUT2D eigenvalue weighted by Gasteiger charge is -2.35. The number of para-hydroxylation sites is 2. The Labute approximate surface area is 320 Å². The molecule has 0 spiro atoms. The minimum absolute atomic E-state index is 0.590. The van der Waals surface area contributed by atoms with Crippen LogP contribution in [0.5, 0.6) is 0 Å². The molecule has 0 bridgehead atoms. The van der Waals surface area contributed by atoms with Crippen molar-refractivity contribution in [2.45, 2.75) is 9.79 Å². The third kappa shape index (κ3) is 4.59. The number of hydrogen-bond acceptors (Lipinski definition) is 6. The molecule has 10 aromatic rings. The first kappa shape index (κ1) is 30.4. The van der Waals surface area contributed by atoms with Gasteiger partial charge in [0.2, 0.25) is 0 Å². The lowest BCUT2D eigenvalue weighted by Crippen LogP contribution is -2.16. The first-order valence-electron chi connectivity index (χ1n) is 18.4. The first-order chi connectivity index (χ1) is 27.3. The maximum Gasteiger partial charge on any atom is 0.165 e. The SMILES string of the molecule is c1ccc(-c2nc(-c3ccc4c(c3)oc3ccccc34)nc(-c3ccc4c5c3Sc3c(ccc6ccccc36)N5c3ccccc3-c3ccccc3-4)n2)cc1. The van der Waals surface area contributed by atoms with Crippen molar-refractivity contribution in [3.05, 3.63) is 170 Å². The zero-order chi connectivity index (χ0) is 36.0. The number of hydrogen-bond donors (Lipinski definition) is 0. The summed E-state index contributed by atoms with van der Waals surface area (Å²) in [5.41, 5.74) is 12.6. The minimum Gasteiger partial charge on any atom is -0.456 e. The molecule has 0 saturated carbocycles. The lowest BCUT2D eigenvalue weighted by atomic mass is 9.94. The van der Waals surface area contributed by atoms with Crippen molar-refractivity contribution in [1.29, 1.82) is 0 Å². The van der Waals surface area contributed by atoms with E-state index in [9.17, 15) is 0 Å². The van der Waals surface area contributed by atoms with Gasteiger partial charge in [-0.3, -0.25) is 0 Å². The van der Waals surface area contributed by atoms with E-state index >= 15 is 0 Å². The van der Waals surface area contributed by atoms with Gasteiger partial charge in [0.05, 0.1) is 17.1 Å². The number of anilines is 3. The topological polar surface area (TPSA) is 55.1 Å². The van der Waals surface area contributed by atoms with E-state index in [4.69, 9.17) is 19.4 Å². The highest BCUT2D eigenvalue weighted by atomic mass is 32.2. The predicted octanol–water partition coefficient (Wildman–Crippen LogP) is 13.5. The Kier molecular flexibility index (Phi) is 6.50. The molecule has 0 radical (unpaired) electrons. The van der Waals surface area contributed by atoms with Crippen LogP contribution < -0.4 is 4.90 Å². The van der Waals surface area contributed by atoms with E-state index in [1.165, 1.54) is 37.9 Å². The highest BCUT2D eigenvalue weighted by Gasteiger charge is 2.35. The van der Waals surface area contributed by atoms with Gasteiger partial charge < -0.3 is 9.32 Å². The molecule has 4 heterocycles. The zero-order valence-electron chi connectivity index (χ0n) is 29.3. The second kappa shape index (κ2) is 11.7. The molecule has 8 aromatic carbocycles. The molecule has 0 atom stereocenters. The molecule has 0 saturated heterocycles. The van der Waals surface area contributed by atoms with Crippen molar-refractivity contribution in [1.82, 2.24) is 15.0 Å². The number of fused-ring (bicyclic) bond motifs is 12. The maximum atomic E-state index is 6.32. The Balaban J connectivity index is 1.15. The van der Waals surface area contributed by atoms with Gasteiger partial charge in [0.1, 0.15) is 11.2 Å². The quantitative estimate of drug-likeness (QED) is 0.181. The van der Waals surface area contributed by atoms with Gasteiger partial charge in [-0.05, 0) is 58.3 Å². The fourth-order valence-corrected chi connectivity index (χ4v) is 9.66. The molecule has 0 N–H and O–H groups in total. The van der Waals surface area contributed by atoms with Crippen LogP contribution in [0.1, 0.15) is 0 Å². The molecule has 0 aliphatic carbocycles. The number of rotatable bonds is 3. The van der Waals surface area contributed by atoms with E-state index in [0.717, 1.165) is 60.6 Å². The van der Waals surface area contributed by atoms with E-state index in [2.05, 4.69) is 138 Å². The monoisotopic (exact) mass is 720 g/mol. The van der Waals surface area contributed by atoms with Crippen LogP contribution in [0.4, 0.5) is 17.1 Å². The summed E-state index contributed by atoms with van der Waals surface area (Å²) in [6.45, 7) is 0. The molecule has 12 rings (SSSR count). The second-order valence-electron chi connectivity index (χ2n) is 14.0. The van der Waals surface area contributed by atoms with Crippen LogP contribution >= 0.6 is 11.8 Å². The Morgan fingerprint density at radius 2 is 1.05 bits per heavy atom. The van der Waals surface area contributed by atoms with E-state index in [-0.39, 0.29) is 0 Å². The third-order valence-corrected chi connectivity index (χ3v) is 12.1. The van der Waals surface area contributed by atoms with Crippen LogP contribution in [0.15, 0.2) is 184 Å². The number of nitrogens with zero attached hydrogens (tertiary/aromatic N) is 4. The van der Waals surface area contributed by atoms with Crippen LogP contribution in [0, 0.1) is 0 Å². The normalized spacial score (nSPS) is 12.6. The van der Waals surface area contributed by atoms with Crippen molar-refractivity contribution in [2.75, 3.05) is 4.90 Å². The lowest BCUT2D eigenvalue weighted by molar-refractivity contribution is 0.669. The summed E-state index contributed by atoms with van der Waals surface area (Å²) in [5.74, 6) is 1.83. The summed E-state index contributed by atoms with van der Waals surface area (Å²) in [7, 11) is 0. The number of aromatic nitrogens is 3. The Morgan fingerprint density at radius 3 is 1.93 bits per heavy atom. The van der Waals surface area contributed by atoms with E-state index in [1.807, 2.05) is 48.2 Å². The van der Waals surface area contributed by atoms with E-state index < -0.39 is 0 Å². The highest BCUT2D eigenvalue weighted by Crippen LogP contribution is 2.62. The maximum absolute atomic E-state index is 6.32. The molecule has 2 aliphatic heterocycles. The number of benzene rings is 8. The van der Waals surface area contributed by atoms with Gasteiger partial charge in [0.15, 0.2) is 17.5 Å². The smallest absolute Gasteiger partial charge is 0.165 e. The van der Waals surface area contributed by atoms with Gasteiger partial charge in [-0.15, -0.1) is 0 Å². The van der Waals surface area contributed by atoms with Crippen molar-refractivity contribution in [3.8, 4) is 56.4 Å². The molecule has 5 nitrogen and oxygen atoms in total. The fourth-order valence-electron chi connectivity index (χ4n) is 8.33. The minimum atomic E-state index is 0.590. The van der Waals surface area contributed by atoms with Crippen molar-refractivity contribution in [2.24, 2.45) is 0 Å². The summed E-state index contributed by atoms with van der Waals surface area (Å²) >= 11 is 1.81. The van der Waals surface area contributed by atoms with Crippen LogP contribution in [-0.4, -0.2) is 15.0 Å². The average Bonchev–Trinajstić information content (AvgIpc) is 3.57. The Morgan fingerprint density at radius 1 is 0.400 bits per heavy atom. The molecule has 0 amide bonds. The van der Waals surface area contributed by atoms with Crippen LogP contribution in [0.2, 0.25) is 0 Å². The average molecular weight is 721 g/mol. The van der Waals surface area contributed by atoms with Gasteiger partial charge >= 0.3 is 0 Å². The van der Waals surface area contributed by atoms with Crippen LogP contribution in [0.25, 0.3) is 89.1 Å². The van der Waals surface area contributed by atoms with Gasteiger partial charge in [-0.25, -0.2) is 15.0 Å². The summed E-state index contributed by atoms with van der Waals surface area (Å²) in [6, 6.07) is 59.7. The predicted molar refractivity (Wildman–Crippen MR) is 224 cm³/mol. The third-order valence-electron chi connectivity index (χ3n) is 10.9. The molecule has 2 aliphatic rings. The summed E-state index contributed by atoms with van der Waals surface area (Å²) in [5, 5.41) is 4.57. The van der Waals surface area contributed by atoms with Gasteiger partial charge in [-0.2, -0.15) is 0 Å². The standard InChI is InChI=1S/C49H28N4OS/c1-2-13-30(14-3-1)47-50-48(31-22-24-37-36-19-9-11-21-42(36)54-43(37)28-31)52-49(51-47)39-26-25-38-34-17-7-6-16-33(34)35-18-8-10-20-40(35)53-41-27-23-29-12-4-5-15-32(29)45(41)55-46(39)44(38)53/h1-28H. The summed E-state index contributed by atoms with van der Waals surface area (Å²) in [6.07, 6.45) is 0. The number of furan rings is 1. The molecule has 0 unspecified atom stereocenters. The first-order valence-corrected chi connectivity index (χ1v) is 19.2. The summed E-state index contributed by atoms with van der Waals surface area (Å²) < 4.78 is 6.32. The van der Waals surface area contributed by atoms with E-state index in [0.29, 0.717) is 17.5 Å². The molecule has 256 valence electrons. The molecular weight excluding hydrogens is 693 g/mol. The summed E-state index contributed by atoms with van der Waals surface area (Å²) in [4.78, 5) is 20.4. The molecule has 55 heavy (non-hydrogen) atoms. The molecule has 0 fully saturated rings. The highest BCUT2D eigenvalue weighted by molar-refractivity contribution is 8.00. The fraction of sp³-hybridized carbons (Fsp3) is 0. The molecule has 6 heteroatoms. The van der Waals surface area contributed by atoms with Crippen molar-refractivity contribution < 1.29 is 4.42 Å². The van der Waals surface area contributed by atoms with Crippen LogP contribution in [0.3, 0.4) is 0 Å². The molecule has 2 aromatic heterocycles. The molecular formula is C49H28N4OS. The second-order valence-corrected chi connectivity index (χ2v) is 15.0. The van der Waals surface area contributed by atoms with E-state index in [1.54, 1.807) is 0 Å². The Bertz CT molecular complexity index is 3210. The van der Waals surface area contributed by atoms with Crippen molar-refractivity contribution in [3.63, 3.8) is 0 Å². The zero-order valence-corrected chi connectivity index (χ0v) is 30.1. The van der Waals surface area contributed by atoms with Crippen LogP contribution in [-0.2, 0) is 0 Å².